The number of benzene rings is 4. The van der Waals surface area contributed by atoms with Crippen molar-refractivity contribution < 1.29 is 22.7 Å². The second-order valence-corrected chi connectivity index (χ2v) is 13.2. The number of rotatable bonds is 15. The normalized spacial score (nSPS) is 12.5. The lowest BCUT2D eigenvalue weighted by atomic mass is 10.0. The second kappa shape index (κ2) is 16.3. The Bertz CT molecular complexity index is 1690. The predicted octanol–water partition coefficient (Wildman–Crippen LogP) is 6.49. The number of nitrogens with zero attached hydrogens (tertiary/aromatic N) is 2. The minimum atomic E-state index is -4.24. The van der Waals surface area contributed by atoms with Crippen LogP contribution in [0.1, 0.15) is 38.3 Å². The third-order valence-electron chi connectivity index (χ3n) is 7.58. The van der Waals surface area contributed by atoms with Crippen molar-refractivity contribution in [1.82, 2.24) is 10.2 Å². The third-order valence-corrected chi connectivity index (χ3v) is 9.61. The van der Waals surface area contributed by atoms with Crippen LogP contribution < -0.4 is 14.4 Å². The SMILES string of the molecule is CCOc1ccccc1N(CC(=O)N(Cc1ccc(Cl)cc1)[C@@H](Cc1ccccc1)C(=O)N[C@@H](C)CC)S(=O)(=O)c1ccccc1. The number of hydrogen-bond donors (Lipinski definition) is 1. The molecule has 4 aromatic rings. The summed E-state index contributed by atoms with van der Waals surface area (Å²) in [6, 6.07) is 30.0. The molecule has 0 aromatic heterocycles. The zero-order chi connectivity index (χ0) is 33.1. The van der Waals surface area contributed by atoms with E-state index in [4.69, 9.17) is 16.3 Å². The summed E-state index contributed by atoms with van der Waals surface area (Å²) in [5.74, 6) is -0.564. The molecule has 0 bridgehead atoms. The Morgan fingerprint density at radius 2 is 1.43 bits per heavy atom. The van der Waals surface area contributed by atoms with Crippen LogP contribution in [0.15, 0.2) is 114 Å². The van der Waals surface area contributed by atoms with Gasteiger partial charge in [-0.15, -0.1) is 0 Å². The van der Waals surface area contributed by atoms with Gasteiger partial charge in [-0.05, 0) is 67.8 Å². The molecule has 0 aliphatic carbocycles. The van der Waals surface area contributed by atoms with Crippen LogP contribution in [0, 0.1) is 0 Å². The number of amides is 2. The molecular weight excluding hydrogens is 622 g/mol. The quantitative estimate of drug-likeness (QED) is 0.157. The maximum Gasteiger partial charge on any atom is 0.264 e. The van der Waals surface area contributed by atoms with E-state index in [1.165, 1.54) is 17.0 Å². The van der Waals surface area contributed by atoms with Crippen LogP contribution in [0.25, 0.3) is 0 Å². The Balaban J connectivity index is 1.83. The van der Waals surface area contributed by atoms with Crippen LogP contribution in [-0.4, -0.2) is 50.4 Å². The highest BCUT2D eigenvalue weighted by Crippen LogP contribution is 2.33. The van der Waals surface area contributed by atoms with Gasteiger partial charge in [0.25, 0.3) is 10.0 Å². The molecule has 0 spiro atoms. The number of carbonyl (C=O) groups excluding carboxylic acids is 2. The molecule has 0 saturated heterocycles. The number of anilines is 1. The largest absolute Gasteiger partial charge is 0.492 e. The molecule has 46 heavy (non-hydrogen) atoms. The fraction of sp³-hybridized carbons (Fsp3) is 0.278. The van der Waals surface area contributed by atoms with E-state index in [1.54, 1.807) is 73.7 Å². The van der Waals surface area contributed by atoms with Gasteiger partial charge in [0, 0.05) is 24.0 Å². The fourth-order valence-corrected chi connectivity index (χ4v) is 6.53. The minimum Gasteiger partial charge on any atom is -0.492 e. The van der Waals surface area contributed by atoms with Gasteiger partial charge >= 0.3 is 0 Å². The number of sulfonamides is 1. The number of ether oxygens (including phenoxy) is 1. The van der Waals surface area contributed by atoms with E-state index < -0.39 is 28.5 Å². The van der Waals surface area contributed by atoms with Gasteiger partial charge in [-0.1, -0.05) is 91.3 Å². The van der Waals surface area contributed by atoms with Crippen molar-refractivity contribution in [2.45, 2.75) is 57.1 Å². The van der Waals surface area contributed by atoms with E-state index in [0.29, 0.717) is 23.8 Å². The summed E-state index contributed by atoms with van der Waals surface area (Å²) in [5.41, 5.74) is 1.81. The Kier molecular flexibility index (Phi) is 12.2. The summed E-state index contributed by atoms with van der Waals surface area (Å²) in [6.07, 6.45) is 0.926. The highest BCUT2D eigenvalue weighted by atomic mass is 35.5. The van der Waals surface area contributed by atoms with Gasteiger partial charge in [-0.2, -0.15) is 0 Å². The molecule has 0 heterocycles. The molecule has 4 rings (SSSR count). The van der Waals surface area contributed by atoms with Crippen LogP contribution in [0.4, 0.5) is 5.69 Å². The van der Waals surface area contributed by atoms with Gasteiger partial charge in [0.1, 0.15) is 18.3 Å². The third kappa shape index (κ3) is 8.89. The molecular formula is C36H40ClN3O5S. The van der Waals surface area contributed by atoms with Gasteiger partial charge in [0.2, 0.25) is 11.8 Å². The Hall–Kier alpha value is -4.34. The number of para-hydroxylation sites is 2. The van der Waals surface area contributed by atoms with Crippen molar-refractivity contribution in [3.63, 3.8) is 0 Å². The zero-order valence-electron chi connectivity index (χ0n) is 26.3. The molecule has 4 aromatic carbocycles. The van der Waals surface area contributed by atoms with Gasteiger partial charge in [0.05, 0.1) is 17.2 Å². The van der Waals surface area contributed by atoms with Crippen LogP contribution in [0.3, 0.4) is 0 Å². The molecule has 2 atom stereocenters. The molecule has 8 nitrogen and oxygen atoms in total. The number of nitrogens with one attached hydrogen (secondary N) is 1. The lowest BCUT2D eigenvalue weighted by molar-refractivity contribution is -0.140. The first-order chi connectivity index (χ1) is 22.1. The van der Waals surface area contributed by atoms with E-state index >= 15 is 0 Å². The molecule has 242 valence electrons. The molecule has 0 aliphatic rings. The predicted molar refractivity (Wildman–Crippen MR) is 182 cm³/mol. The van der Waals surface area contributed by atoms with Crippen LogP contribution in [0.5, 0.6) is 5.75 Å². The van der Waals surface area contributed by atoms with Crippen LogP contribution in [0.2, 0.25) is 5.02 Å². The average molecular weight is 662 g/mol. The van der Waals surface area contributed by atoms with Crippen molar-refractivity contribution in [1.29, 1.82) is 0 Å². The fourth-order valence-electron chi connectivity index (χ4n) is 4.96. The highest BCUT2D eigenvalue weighted by Gasteiger charge is 2.35. The molecule has 0 aliphatic heterocycles. The lowest BCUT2D eigenvalue weighted by Crippen LogP contribution is -2.54. The topological polar surface area (TPSA) is 96.0 Å². The molecule has 2 amide bonds. The van der Waals surface area contributed by atoms with Crippen molar-refractivity contribution in [3.05, 3.63) is 125 Å². The second-order valence-electron chi connectivity index (χ2n) is 10.9. The maximum atomic E-state index is 14.6. The van der Waals surface area contributed by atoms with Crippen molar-refractivity contribution >= 4 is 39.1 Å². The van der Waals surface area contributed by atoms with Gasteiger partial charge in [-0.25, -0.2) is 8.42 Å². The number of carbonyl (C=O) groups is 2. The summed E-state index contributed by atoms with van der Waals surface area (Å²) >= 11 is 6.16. The Labute approximate surface area is 277 Å². The average Bonchev–Trinajstić information content (AvgIpc) is 3.07. The summed E-state index contributed by atoms with van der Waals surface area (Å²) in [5, 5.41) is 3.57. The minimum absolute atomic E-state index is 0.0219. The maximum absolute atomic E-state index is 14.6. The summed E-state index contributed by atoms with van der Waals surface area (Å²) in [6.45, 7) is 5.44. The molecule has 0 saturated carbocycles. The lowest BCUT2D eigenvalue weighted by Gasteiger charge is -2.34. The van der Waals surface area contributed by atoms with Crippen molar-refractivity contribution in [2.75, 3.05) is 17.5 Å². The zero-order valence-corrected chi connectivity index (χ0v) is 27.9. The Morgan fingerprint density at radius 3 is 2.07 bits per heavy atom. The smallest absolute Gasteiger partial charge is 0.264 e. The van der Waals surface area contributed by atoms with E-state index in [2.05, 4.69) is 5.32 Å². The monoisotopic (exact) mass is 661 g/mol. The summed E-state index contributed by atoms with van der Waals surface area (Å²) in [4.78, 5) is 30.0. The van der Waals surface area contributed by atoms with Crippen LogP contribution in [-0.2, 0) is 32.6 Å². The van der Waals surface area contributed by atoms with E-state index in [1.807, 2.05) is 44.2 Å². The molecule has 0 unspecified atom stereocenters. The molecule has 0 fully saturated rings. The molecule has 1 N–H and O–H groups in total. The highest BCUT2D eigenvalue weighted by molar-refractivity contribution is 7.92. The first-order valence-corrected chi connectivity index (χ1v) is 17.1. The van der Waals surface area contributed by atoms with Gasteiger partial charge in [-0.3, -0.25) is 13.9 Å². The van der Waals surface area contributed by atoms with Crippen molar-refractivity contribution in [3.8, 4) is 5.75 Å². The first kappa shape index (κ1) is 34.5. The standard InChI is InChI=1S/C36H40ClN3O5S/c1-4-27(3)38-36(42)33(24-28-14-8-6-9-15-28)39(25-29-20-22-30(37)23-21-29)35(41)26-40(32-18-12-13-19-34(32)45-5-2)46(43,44)31-16-10-7-11-17-31/h6-23,27,33H,4-5,24-26H2,1-3H3,(H,38,42)/t27-,33-/m0/s1. The first-order valence-electron chi connectivity index (χ1n) is 15.3. The van der Waals surface area contributed by atoms with Gasteiger partial charge < -0.3 is 15.0 Å². The number of halogens is 1. The van der Waals surface area contributed by atoms with Crippen molar-refractivity contribution in [2.24, 2.45) is 0 Å². The molecule has 0 radical (unpaired) electrons. The summed E-state index contributed by atoms with van der Waals surface area (Å²) in [7, 11) is -4.24. The molecule has 10 heteroatoms. The van der Waals surface area contributed by atoms with E-state index in [-0.39, 0.29) is 35.5 Å². The number of hydrogen-bond acceptors (Lipinski definition) is 5. The van der Waals surface area contributed by atoms with E-state index in [9.17, 15) is 18.0 Å². The Morgan fingerprint density at radius 1 is 0.826 bits per heavy atom. The van der Waals surface area contributed by atoms with Crippen LogP contribution >= 0.6 is 11.6 Å². The van der Waals surface area contributed by atoms with Gasteiger partial charge in [0.15, 0.2) is 0 Å². The summed E-state index contributed by atoms with van der Waals surface area (Å²) < 4.78 is 35.3. The van der Waals surface area contributed by atoms with E-state index in [0.717, 1.165) is 15.4 Å².